The van der Waals surface area contributed by atoms with E-state index in [9.17, 15) is 4.79 Å². The molecule has 0 saturated carbocycles. The van der Waals surface area contributed by atoms with Crippen molar-refractivity contribution in [1.29, 1.82) is 0 Å². The molecule has 0 radical (unpaired) electrons. The van der Waals surface area contributed by atoms with Crippen LogP contribution in [-0.4, -0.2) is 55.0 Å². The largest absolute Gasteiger partial charge is 0.382 e. The molecule has 1 atom stereocenters. The highest BCUT2D eigenvalue weighted by Crippen LogP contribution is 2.21. The lowest BCUT2D eigenvalue weighted by Crippen LogP contribution is -2.47. The van der Waals surface area contributed by atoms with E-state index in [1.54, 1.807) is 0 Å². The van der Waals surface area contributed by atoms with Crippen molar-refractivity contribution >= 4 is 11.6 Å². The number of carbonyl (C=O) groups is 1. The zero-order valence-corrected chi connectivity index (χ0v) is 13.6. The van der Waals surface area contributed by atoms with Crippen LogP contribution in [-0.2, 0) is 0 Å². The second kappa shape index (κ2) is 6.94. The van der Waals surface area contributed by atoms with Crippen LogP contribution in [0.15, 0.2) is 24.3 Å². The molecule has 1 heterocycles. The van der Waals surface area contributed by atoms with Crippen LogP contribution in [0.25, 0.3) is 0 Å². The summed E-state index contributed by atoms with van der Waals surface area (Å²) < 4.78 is 0. The first-order chi connectivity index (χ1) is 9.99. The molecule has 1 unspecified atom stereocenters. The summed E-state index contributed by atoms with van der Waals surface area (Å²) in [5, 5.41) is 3.36. The molecule has 0 aliphatic carbocycles. The summed E-state index contributed by atoms with van der Waals surface area (Å²) in [7, 11) is 4.05. The van der Waals surface area contributed by atoms with Gasteiger partial charge in [-0.05, 0) is 52.4 Å². The Morgan fingerprint density at radius 2 is 2.10 bits per heavy atom. The number of rotatable bonds is 4. The fourth-order valence-corrected chi connectivity index (χ4v) is 2.92. The Balaban J connectivity index is 2.15. The Morgan fingerprint density at radius 3 is 2.76 bits per heavy atom. The van der Waals surface area contributed by atoms with E-state index in [0.717, 1.165) is 37.2 Å². The zero-order valence-electron chi connectivity index (χ0n) is 13.6. The standard InChI is InChI=1S/C17H27N3O/c1-13(2)18-16-10-6-5-9-15(16)17(21)20(4)14-8-7-11-19(3)12-14/h5-6,9-10,13-14,18H,7-8,11-12H2,1-4H3. The number of likely N-dealkylation sites (N-methyl/N-ethyl adjacent to an activating group) is 2. The van der Waals surface area contributed by atoms with Crippen LogP contribution in [0.3, 0.4) is 0 Å². The van der Waals surface area contributed by atoms with E-state index in [2.05, 4.69) is 31.1 Å². The third kappa shape index (κ3) is 3.97. The molecule has 1 aliphatic rings. The van der Waals surface area contributed by atoms with Gasteiger partial charge in [0.2, 0.25) is 0 Å². The van der Waals surface area contributed by atoms with E-state index in [1.807, 2.05) is 36.2 Å². The van der Waals surface area contributed by atoms with Crippen LogP contribution in [0.2, 0.25) is 0 Å². The first-order valence-corrected chi connectivity index (χ1v) is 7.80. The van der Waals surface area contributed by atoms with Crippen molar-refractivity contribution in [3.8, 4) is 0 Å². The van der Waals surface area contributed by atoms with Gasteiger partial charge in [0.05, 0.1) is 5.56 Å². The molecule has 0 bridgehead atoms. The summed E-state index contributed by atoms with van der Waals surface area (Å²) in [4.78, 5) is 17.0. The number of benzene rings is 1. The van der Waals surface area contributed by atoms with Crippen molar-refractivity contribution in [2.75, 3.05) is 32.5 Å². The van der Waals surface area contributed by atoms with Gasteiger partial charge in [0.1, 0.15) is 0 Å². The number of carbonyl (C=O) groups excluding carboxylic acids is 1. The summed E-state index contributed by atoms with van der Waals surface area (Å²) in [6.45, 7) is 6.26. The molecule has 1 saturated heterocycles. The number of piperidine rings is 1. The van der Waals surface area contributed by atoms with Crippen LogP contribution in [0, 0.1) is 0 Å². The molecule has 4 heteroatoms. The molecule has 1 aromatic rings. The fourth-order valence-electron chi connectivity index (χ4n) is 2.92. The summed E-state index contributed by atoms with van der Waals surface area (Å²) in [6, 6.07) is 8.41. The van der Waals surface area contributed by atoms with Crippen molar-refractivity contribution in [3.63, 3.8) is 0 Å². The first-order valence-electron chi connectivity index (χ1n) is 7.80. The van der Waals surface area contributed by atoms with E-state index in [4.69, 9.17) is 0 Å². The maximum absolute atomic E-state index is 12.8. The number of likely N-dealkylation sites (tertiary alicyclic amines) is 1. The third-order valence-corrected chi connectivity index (χ3v) is 4.07. The second-order valence-corrected chi connectivity index (χ2v) is 6.32. The lowest BCUT2D eigenvalue weighted by molar-refractivity contribution is 0.0645. The number of hydrogen-bond acceptors (Lipinski definition) is 3. The molecule has 1 fully saturated rings. The number of hydrogen-bond donors (Lipinski definition) is 1. The van der Waals surface area contributed by atoms with Gasteiger partial charge in [0.25, 0.3) is 5.91 Å². The number of nitrogens with zero attached hydrogens (tertiary/aromatic N) is 2. The van der Waals surface area contributed by atoms with Gasteiger partial charge in [-0.3, -0.25) is 4.79 Å². The smallest absolute Gasteiger partial charge is 0.255 e. The zero-order chi connectivity index (χ0) is 15.4. The Labute approximate surface area is 128 Å². The summed E-state index contributed by atoms with van der Waals surface area (Å²) in [6.07, 6.45) is 2.25. The minimum absolute atomic E-state index is 0.110. The molecular formula is C17H27N3O. The molecule has 1 N–H and O–H groups in total. The average Bonchev–Trinajstić information content (AvgIpc) is 2.46. The van der Waals surface area contributed by atoms with Gasteiger partial charge in [0.15, 0.2) is 0 Å². The lowest BCUT2D eigenvalue weighted by Gasteiger charge is -2.36. The van der Waals surface area contributed by atoms with Crippen molar-refractivity contribution in [3.05, 3.63) is 29.8 Å². The number of anilines is 1. The van der Waals surface area contributed by atoms with E-state index in [1.165, 1.54) is 0 Å². The summed E-state index contributed by atoms with van der Waals surface area (Å²) >= 11 is 0. The minimum atomic E-state index is 0.110. The maximum Gasteiger partial charge on any atom is 0.255 e. The van der Waals surface area contributed by atoms with Crippen molar-refractivity contribution in [1.82, 2.24) is 9.80 Å². The highest BCUT2D eigenvalue weighted by molar-refractivity contribution is 5.99. The van der Waals surface area contributed by atoms with Gasteiger partial charge in [-0.25, -0.2) is 0 Å². The molecule has 2 rings (SSSR count). The highest BCUT2D eigenvalue weighted by atomic mass is 16.2. The van der Waals surface area contributed by atoms with Crippen molar-refractivity contribution in [2.45, 2.75) is 38.8 Å². The predicted molar refractivity (Wildman–Crippen MR) is 87.8 cm³/mol. The molecular weight excluding hydrogens is 262 g/mol. The van der Waals surface area contributed by atoms with E-state index in [0.29, 0.717) is 12.1 Å². The summed E-state index contributed by atoms with van der Waals surface area (Å²) in [5.41, 5.74) is 1.69. The van der Waals surface area contributed by atoms with Crippen LogP contribution in [0.1, 0.15) is 37.0 Å². The molecule has 116 valence electrons. The Kier molecular flexibility index (Phi) is 5.23. The number of para-hydroxylation sites is 1. The predicted octanol–water partition coefficient (Wildman–Crippen LogP) is 2.67. The quantitative estimate of drug-likeness (QED) is 0.925. The van der Waals surface area contributed by atoms with Gasteiger partial charge in [-0.2, -0.15) is 0 Å². The van der Waals surface area contributed by atoms with Crippen LogP contribution >= 0.6 is 0 Å². The first kappa shape index (κ1) is 15.8. The highest BCUT2D eigenvalue weighted by Gasteiger charge is 2.26. The van der Waals surface area contributed by atoms with Gasteiger partial charge in [-0.15, -0.1) is 0 Å². The van der Waals surface area contributed by atoms with E-state index < -0.39 is 0 Å². The van der Waals surface area contributed by atoms with Gasteiger partial charge >= 0.3 is 0 Å². The molecule has 1 amide bonds. The summed E-state index contributed by atoms with van der Waals surface area (Å²) in [5.74, 6) is 0.110. The molecule has 0 aromatic heterocycles. The molecule has 0 spiro atoms. The van der Waals surface area contributed by atoms with Crippen molar-refractivity contribution < 1.29 is 4.79 Å². The Morgan fingerprint density at radius 1 is 1.38 bits per heavy atom. The molecule has 1 aromatic carbocycles. The van der Waals surface area contributed by atoms with E-state index in [-0.39, 0.29) is 5.91 Å². The Hall–Kier alpha value is -1.55. The second-order valence-electron chi connectivity index (χ2n) is 6.32. The third-order valence-electron chi connectivity index (χ3n) is 4.07. The fraction of sp³-hybridized carbons (Fsp3) is 0.588. The minimum Gasteiger partial charge on any atom is -0.382 e. The van der Waals surface area contributed by atoms with Crippen LogP contribution < -0.4 is 5.32 Å². The van der Waals surface area contributed by atoms with E-state index >= 15 is 0 Å². The van der Waals surface area contributed by atoms with Gasteiger partial charge < -0.3 is 15.1 Å². The lowest BCUT2D eigenvalue weighted by atomic mass is 10.0. The topological polar surface area (TPSA) is 35.6 Å². The molecule has 21 heavy (non-hydrogen) atoms. The van der Waals surface area contributed by atoms with Crippen LogP contribution in [0.4, 0.5) is 5.69 Å². The van der Waals surface area contributed by atoms with Gasteiger partial charge in [-0.1, -0.05) is 12.1 Å². The maximum atomic E-state index is 12.8. The SMILES string of the molecule is CC(C)Nc1ccccc1C(=O)N(C)C1CCCN(C)C1. The molecule has 4 nitrogen and oxygen atoms in total. The average molecular weight is 289 g/mol. The van der Waals surface area contributed by atoms with Crippen molar-refractivity contribution in [2.24, 2.45) is 0 Å². The normalized spacial score (nSPS) is 19.6. The number of amides is 1. The molecule has 1 aliphatic heterocycles. The number of nitrogens with one attached hydrogen (secondary N) is 1. The Bertz CT molecular complexity index is 487. The monoisotopic (exact) mass is 289 g/mol. The van der Waals surface area contributed by atoms with Crippen LogP contribution in [0.5, 0.6) is 0 Å². The van der Waals surface area contributed by atoms with Gasteiger partial charge in [0, 0.05) is 31.4 Å².